The van der Waals surface area contributed by atoms with E-state index in [4.69, 9.17) is 4.74 Å². The number of amides is 2. The Kier molecular flexibility index (Phi) is 6.26. The summed E-state index contributed by atoms with van der Waals surface area (Å²) in [6.45, 7) is 6.72. The number of carbonyl (C=O) groups excluding carboxylic acids is 2. The zero-order valence-electron chi connectivity index (χ0n) is 19.4. The van der Waals surface area contributed by atoms with Crippen molar-refractivity contribution >= 4 is 11.8 Å². The number of piperazine rings is 1. The molecule has 6 heteroatoms. The second kappa shape index (κ2) is 9.14. The van der Waals surface area contributed by atoms with Crippen molar-refractivity contribution < 1.29 is 14.3 Å². The van der Waals surface area contributed by atoms with E-state index in [-0.39, 0.29) is 11.3 Å². The van der Waals surface area contributed by atoms with Crippen molar-refractivity contribution in [2.45, 2.75) is 49.9 Å². The third-order valence-electron chi connectivity index (χ3n) is 8.49. The minimum Gasteiger partial charge on any atom is -0.381 e. The maximum absolute atomic E-state index is 13.1. The van der Waals surface area contributed by atoms with Crippen LogP contribution < -0.4 is 0 Å². The third kappa shape index (κ3) is 4.19. The van der Waals surface area contributed by atoms with E-state index in [0.717, 1.165) is 71.4 Å². The Morgan fingerprint density at radius 2 is 1.66 bits per heavy atom. The molecule has 6 nitrogen and oxygen atoms in total. The smallest absolute Gasteiger partial charge is 0.225 e. The molecule has 3 saturated heterocycles. The summed E-state index contributed by atoms with van der Waals surface area (Å²) in [7, 11) is 2.12. The van der Waals surface area contributed by atoms with Crippen LogP contribution in [0.25, 0.3) is 0 Å². The van der Waals surface area contributed by atoms with Gasteiger partial charge in [-0.25, -0.2) is 0 Å². The number of fused-ring (bicyclic) bond motifs is 2. The second-order valence-electron chi connectivity index (χ2n) is 10.4. The predicted molar refractivity (Wildman–Crippen MR) is 124 cm³/mol. The first-order chi connectivity index (χ1) is 15.6. The molecule has 0 radical (unpaired) electrons. The summed E-state index contributed by atoms with van der Waals surface area (Å²) in [4.78, 5) is 32.6. The van der Waals surface area contributed by atoms with Crippen LogP contribution in [0.3, 0.4) is 0 Å². The lowest BCUT2D eigenvalue weighted by atomic mass is 9.73. The molecule has 5 rings (SSSR count). The van der Waals surface area contributed by atoms with Crippen LogP contribution in [0.15, 0.2) is 24.3 Å². The van der Waals surface area contributed by atoms with Crippen LogP contribution in [0, 0.1) is 5.92 Å². The highest BCUT2D eigenvalue weighted by atomic mass is 16.5. The summed E-state index contributed by atoms with van der Waals surface area (Å²) in [6, 6.07) is 8.79. The Balaban J connectivity index is 1.25. The fourth-order valence-corrected chi connectivity index (χ4v) is 6.44. The van der Waals surface area contributed by atoms with Gasteiger partial charge in [-0.3, -0.25) is 9.59 Å². The minimum absolute atomic E-state index is 0.121. The molecule has 0 aromatic heterocycles. The largest absolute Gasteiger partial charge is 0.381 e. The van der Waals surface area contributed by atoms with Crippen LogP contribution in [0.2, 0.25) is 0 Å². The molecule has 0 bridgehead atoms. The Morgan fingerprint density at radius 1 is 0.969 bits per heavy atom. The van der Waals surface area contributed by atoms with Gasteiger partial charge in [-0.1, -0.05) is 24.3 Å². The summed E-state index contributed by atoms with van der Waals surface area (Å²) in [6.07, 6.45) is 5.41. The number of likely N-dealkylation sites (tertiary alicyclic amines) is 1. The zero-order valence-corrected chi connectivity index (χ0v) is 19.4. The van der Waals surface area contributed by atoms with Gasteiger partial charge < -0.3 is 19.4 Å². The van der Waals surface area contributed by atoms with Gasteiger partial charge in [-0.15, -0.1) is 0 Å². The SMILES string of the molecule is CN1CCN(C(=O)C[C@H]2CC3(CCN(C(=O)C4CCOCC4)CC3)c3ccccc32)CC1. The molecule has 4 aliphatic rings. The number of piperidine rings is 1. The summed E-state index contributed by atoms with van der Waals surface area (Å²) >= 11 is 0. The number of hydrogen-bond acceptors (Lipinski definition) is 4. The Morgan fingerprint density at radius 3 is 2.38 bits per heavy atom. The molecule has 32 heavy (non-hydrogen) atoms. The molecule has 3 heterocycles. The fraction of sp³-hybridized carbons (Fsp3) is 0.692. The quantitative estimate of drug-likeness (QED) is 0.727. The van der Waals surface area contributed by atoms with E-state index < -0.39 is 0 Å². The molecule has 174 valence electrons. The number of rotatable bonds is 3. The third-order valence-corrected chi connectivity index (χ3v) is 8.49. The molecular weight excluding hydrogens is 402 g/mol. The van der Waals surface area contributed by atoms with E-state index in [1.807, 2.05) is 0 Å². The molecule has 3 fully saturated rings. The highest BCUT2D eigenvalue weighted by molar-refractivity contribution is 5.79. The van der Waals surface area contributed by atoms with Crippen LogP contribution in [-0.4, -0.2) is 86.0 Å². The molecule has 2 amide bonds. The van der Waals surface area contributed by atoms with Crippen LogP contribution >= 0.6 is 0 Å². The predicted octanol–water partition coefficient (Wildman–Crippen LogP) is 2.62. The lowest BCUT2D eigenvalue weighted by Crippen LogP contribution is -2.48. The molecule has 0 saturated carbocycles. The zero-order chi connectivity index (χ0) is 22.1. The van der Waals surface area contributed by atoms with Crippen molar-refractivity contribution in [1.29, 1.82) is 0 Å². The van der Waals surface area contributed by atoms with Crippen molar-refractivity contribution in [3.63, 3.8) is 0 Å². The minimum atomic E-state index is 0.121. The lowest BCUT2D eigenvalue weighted by molar-refractivity contribution is -0.140. The summed E-state index contributed by atoms with van der Waals surface area (Å²) in [5, 5.41) is 0. The van der Waals surface area contributed by atoms with Gasteiger partial charge in [0.15, 0.2) is 0 Å². The van der Waals surface area contributed by atoms with E-state index in [2.05, 4.69) is 46.0 Å². The number of carbonyl (C=O) groups is 2. The molecule has 0 N–H and O–H groups in total. The maximum Gasteiger partial charge on any atom is 0.225 e. The number of likely N-dealkylation sites (N-methyl/N-ethyl adjacent to an activating group) is 1. The van der Waals surface area contributed by atoms with E-state index >= 15 is 0 Å². The first-order valence-corrected chi connectivity index (χ1v) is 12.5. The molecule has 1 aromatic rings. The Hall–Kier alpha value is -1.92. The number of nitrogens with zero attached hydrogens (tertiary/aromatic N) is 3. The summed E-state index contributed by atoms with van der Waals surface area (Å²) < 4.78 is 5.44. The number of ether oxygens (including phenoxy) is 1. The molecule has 1 aromatic carbocycles. The van der Waals surface area contributed by atoms with Gasteiger partial charge in [0.05, 0.1) is 0 Å². The van der Waals surface area contributed by atoms with E-state index in [1.54, 1.807) is 0 Å². The lowest BCUT2D eigenvalue weighted by Gasteiger charge is -2.42. The van der Waals surface area contributed by atoms with Crippen molar-refractivity contribution in [2.75, 3.05) is 59.5 Å². The van der Waals surface area contributed by atoms with Gasteiger partial charge in [0.2, 0.25) is 11.8 Å². The highest BCUT2D eigenvalue weighted by Crippen LogP contribution is 2.53. The van der Waals surface area contributed by atoms with Crippen molar-refractivity contribution in [3.05, 3.63) is 35.4 Å². The molecule has 1 aliphatic carbocycles. The fourth-order valence-electron chi connectivity index (χ4n) is 6.44. The molecular formula is C26H37N3O3. The summed E-state index contributed by atoms with van der Waals surface area (Å²) in [5.74, 6) is 1.08. The molecule has 3 aliphatic heterocycles. The van der Waals surface area contributed by atoms with Gasteiger partial charge >= 0.3 is 0 Å². The van der Waals surface area contributed by atoms with Crippen molar-refractivity contribution in [1.82, 2.24) is 14.7 Å². The molecule has 1 spiro atoms. The van der Waals surface area contributed by atoms with Crippen LogP contribution in [0.5, 0.6) is 0 Å². The van der Waals surface area contributed by atoms with E-state index in [1.165, 1.54) is 11.1 Å². The monoisotopic (exact) mass is 439 g/mol. The van der Waals surface area contributed by atoms with Crippen LogP contribution in [0.4, 0.5) is 0 Å². The first-order valence-electron chi connectivity index (χ1n) is 12.5. The van der Waals surface area contributed by atoms with E-state index in [0.29, 0.717) is 37.4 Å². The topological polar surface area (TPSA) is 53.1 Å². The van der Waals surface area contributed by atoms with Crippen LogP contribution in [0.1, 0.15) is 55.6 Å². The second-order valence-corrected chi connectivity index (χ2v) is 10.4. The number of benzene rings is 1. The van der Waals surface area contributed by atoms with Gasteiger partial charge in [0.1, 0.15) is 0 Å². The van der Waals surface area contributed by atoms with Gasteiger partial charge in [-0.2, -0.15) is 0 Å². The van der Waals surface area contributed by atoms with Crippen molar-refractivity contribution in [3.8, 4) is 0 Å². The Bertz CT molecular complexity index is 834. The highest BCUT2D eigenvalue weighted by Gasteiger charge is 2.46. The standard InChI is InChI=1S/C26H37N3O3/c1-27-12-14-28(15-13-27)24(30)18-21-19-26(23-5-3-2-4-22(21)23)8-10-29(11-9-26)25(31)20-6-16-32-17-7-20/h2-5,20-21H,6-19H2,1H3/t21-/m0/s1. The average molecular weight is 440 g/mol. The van der Waals surface area contributed by atoms with Gasteiger partial charge in [-0.05, 0) is 61.6 Å². The molecule has 0 unspecified atom stereocenters. The Labute approximate surface area is 191 Å². The molecule has 1 atom stereocenters. The number of hydrogen-bond donors (Lipinski definition) is 0. The first kappa shape index (κ1) is 21.9. The summed E-state index contributed by atoms with van der Waals surface area (Å²) in [5.41, 5.74) is 2.93. The average Bonchev–Trinajstić information content (AvgIpc) is 3.13. The van der Waals surface area contributed by atoms with Gasteiger partial charge in [0, 0.05) is 64.8 Å². The maximum atomic E-state index is 13.1. The normalized spacial score (nSPS) is 26.3. The van der Waals surface area contributed by atoms with Crippen molar-refractivity contribution in [2.24, 2.45) is 5.92 Å². The van der Waals surface area contributed by atoms with Crippen LogP contribution in [-0.2, 0) is 19.7 Å². The van der Waals surface area contributed by atoms with Gasteiger partial charge in [0.25, 0.3) is 0 Å². The van der Waals surface area contributed by atoms with E-state index in [9.17, 15) is 9.59 Å².